The van der Waals surface area contributed by atoms with Gasteiger partial charge in [-0.05, 0) is 18.6 Å². The summed E-state index contributed by atoms with van der Waals surface area (Å²) in [5.74, 6) is 0.862. The van der Waals surface area contributed by atoms with Gasteiger partial charge < -0.3 is 18.7 Å². The van der Waals surface area contributed by atoms with E-state index >= 15 is 0 Å². The molecule has 144 valence electrons. The number of carbonyl (C=O) groups excluding carboxylic acids is 1. The molecule has 0 aliphatic rings. The van der Waals surface area contributed by atoms with Crippen molar-refractivity contribution in [2.24, 2.45) is 0 Å². The highest BCUT2D eigenvalue weighted by molar-refractivity contribution is 6.17. The number of hydrogen-bond donors (Lipinski definition) is 0. The number of aromatic nitrogens is 1. The SMILES string of the molecule is COC=C(C(=O)OC)c1ccccc1-c1cc(COc2ccccc2C)on1. The van der Waals surface area contributed by atoms with E-state index in [4.69, 9.17) is 18.7 Å². The van der Waals surface area contributed by atoms with Gasteiger partial charge in [-0.1, -0.05) is 47.6 Å². The number of esters is 1. The van der Waals surface area contributed by atoms with Crippen LogP contribution in [0.15, 0.2) is 65.4 Å². The molecule has 6 heteroatoms. The summed E-state index contributed by atoms with van der Waals surface area (Å²) in [5.41, 5.74) is 3.28. The molecule has 0 saturated heterocycles. The molecule has 0 fully saturated rings. The van der Waals surface area contributed by atoms with Crippen LogP contribution in [-0.2, 0) is 20.9 Å². The zero-order valence-corrected chi connectivity index (χ0v) is 16.0. The lowest BCUT2D eigenvalue weighted by Crippen LogP contribution is -2.05. The van der Waals surface area contributed by atoms with Crippen molar-refractivity contribution in [2.75, 3.05) is 14.2 Å². The molecule has 3 rings (SSSR count). The summed E-state index contributed by atoms with van der Waals surface area (Å²) in [7, 11) is 2.80. The Bertz CT molecular complexity index is 990. The number of para-hydroxylation sites is 1. The summed E-state index contributed by atoms with van der Waals surface area (Å²) in [6.07, 6.45) is 1.35. The quantitative estimate of drug-likeness (QED) is 0.344. The predicted molar refractivity (Wildman–Crippen MR) is 104 cm³/mol. The van der Waals surface area contributed by atoms with Crippen LogP contribution in [0.3, 0.4) is 0 Å². The zero-order valence-electron chi connectivity index (χ0n) is 16.0. The second kappa shape index (κ2) is 8.90. The molecule has 28 heavy (non-hydrogen) atoms. The molecule has 0 N–H and O–H groups in total. The summed E-state index contributed by atoms with van der Waals surface area (Å²) < 4.78 is 21.1. The molecule has 0 atom stereocenters. The monoisotopic (exact) mass is 379 g/mol. The first kappa shape index (κ1) is 19.2. The van der Waals surface area contributed by atoms with Crippen LogP contribution in [0.4, 0.5) is 0 Å². The van der Waals surface area contributed by atoms with E-state index in [9.17, 15) is 4.79 Å². The third-order valence-electron chi connectivity index (χ3n) is 4.16. The van der Waals surface area contributed by atoms with Gasteiger partial charge in [-0.25, -0.2) is 4.79 Å². The number of nitrogens with zero attached hydrogens (tertiary/aromatic N) is 1. The lowest BCUT2D eigenvalue weighted by Gasteiger charge is -2.09. The van der Waals surface area contributed by atoms with Crippen LogP contribution < -0.4 is 4.74 Å². The van der Waals surface area contributed by atoms with E-state index in [2.05, 4.69) is 5.16 Å². The lowest BCUT2D eigenvalue weighted by atomic mass is 9.98. The van der Waals surface area contributed by atoms with E-state index in [-0.39, 0.29) is 6.61 Å². The molecule has 0 aliphatic carbocycles. The molecule has 0 unspecified atom stereocenters. The summed E-state index contributed by atoms with van der Waals surface area (Å²) in [5, 5.41) is 4.13. The molecule has 1 heterocycles. The Labute approximate surface area is 163 Å². The van der Waals surface area contributed by atoms with E-state index in [0.717, 1.165) is 16.9 Å². The highest BCUT2D eigenvalue weighted by Gasteiger charge is 2.19. The summed E-state index contributed by atoms with van der Waals surface area (Å²) in [6.45, 7) is 2.23. The van der Waals surface area contributed by atoms with Crippen LogP contribution in [0.2, 0.25) is 0 Å². The molecule has 6 nitrogen and oxygen atoms in total. The van der Waals surface area contributed by atoms with E-state index in [0.29, 0.717) is 22.6 Å². The second-order valence-corrected chi connectivity index (χ2v) is 6.04. The fraction of sp³-hybridized carbons (Fsp3) is 0.182. The molecule has 0 bridgehead atoms. The molecule has 1 aromatic heterocycles. The maximum atomic E-state index is 12.1. The molecular weight excluding hydrogens is 358 g/mol. The minimum atomic E-state index is -0.499. The van der Waals surface area contributed by atoms with Crippen LogP contribution in [0.1, 0.15) is 16.9 Å². The van der Waals surface area contributed by atoms with Crippen molar-refractivity contribution in [3.63, 3.8) is 0 Å². The molecule has 0 saturated carbocycles. The molecule has 2 aromatic carbocycles. The van der Waals surface area contributed by atoms with Crippen LogP contribution in [0, 0.1) is 6.92 Å². The summed E-state index contributed by atoms with van der Waals surface area (Å²) in [4.78, 5) is 12.1. The molecule has 0 radical (unpaired) electrons. The van der Waals surface area contributed by atoms with Gasteiger partial charge in [0.2, 0.25) is 0 Å². The molecule has 0 aliphatic heterocycles. The van der Waals surface area contributed by atoms with E-state index in [1.165, 1.54) is 20.5 Å². The first-order valence-electron chi connectivity index (χ1n) is 8.69. The highest BCUT2D eigenvalue weighted by Crippen LogP contribution is 2.30. The van der Waals surface area contributed by atoms with Gasteiger partial charge in [-0.15, -0.1) is 0 Å². The molecule has 0 spiro atoms. The highest BCUT2D eigenvalue weighted by atomic mass is 16.5. The van der Waals surface area contributed by atoms with Crippen molar-refractivity contribution in [1.29, 1.82) is 0 Å². The Morgan fingerprint density at radius 1 is 1.11 bits per heavy atom. The summed E-state index contributed by atoms with van der Waals surface area (Å²) >= 11 is 0. The maximum absolute atomic E-state index is 12.1. The number of benzene rings is 2. The molecule has 3 aromatic rings. The van der Waals surface area contributed by atoms with Gasteiger partial charge >= 0.3 is 5.97 Å². The minimum Gasteiger partial charge on any atom is -0.503 e. The Hall–Kier alpha value is -3.54. The second-order valence-electron chi connectivity index (χ2n) is 6.04. The normalized spacial score (nSPS) is 11.2. The lowest BCUT2D eigenvalue weighted by molar-refractivity contribution is -0.133. The van der Waals surface area contributed by atoms with Gasteiger partial charge in [0.25, 0.3) is 0 Å². The van der Waals surface area contributed by atoms with Gasteiger partial charge in [0.15, 0.2) is 5.76 Å². The average molecular weight is 379 g/mol. The van der Waals surface area contributed by atoms with E-state index in [1.54, 1.807) is 12.1 Å². The van der Waals surface area contributed by atoms with E-state index in [1.807, 2.05) is 49.4 Å². The van der Waals surface area contributed by atoms with Crippen molar-refractivity contribution < 1.29 is 23.5 Å². The van der Waals surface area contributed by atoms with Crippen LogP contribution in [0.25, 0.3) is 16.8 Å². The fourth-order valence-corrected chi connectivity index (χ4v) is 2.77. The number of rotatable bonds is 7. The Balaban J connectivity index is 1.86. The Morgan fingerprint density at radius 3 is 2.61 bits per heavy atom. The third kappa shape index (κ3) is 4.23. The standard InChI is InChI=1S/C22H21NO5/c1-15-8-4-7-11-21(15)27-13-16-12-20(23-28-16)18-10-6-5-9-17(18)19(14-25-2)22(24)26-3/h4-12,14H,13H2,1-3H3. The van der Waals surface area contributed by atoms with Gasteiger partial charge in [-0.2, -0.15) is 0 Å². The van der Waals surface area contributed by atoms with Crippen LogP contribution in [0.5, 0.6) is 5.75 Å². The topological polar surface area (TPSA) is 70.8 Å². The van der Waals surface area contributed by atoms with Crippen LogP contribution in [-0.4, -0.2) is 25.3 Å². The van der Waals surface area contributed by atoms with E-state index < -0.39 is 5.97 Å². The van der Waals surface area contributed by atoms with Crippen molar-refractivity contribution in [2.45, 2.75) is 13.5 Å². The number of methoxy groups -OCH3 is 2. The van der Waals surface area contributed by atoms with Gasteiger partial charge in [0.05, 0.1) is 20.5 Å². The largest absolute Gasteiger partial charge is 0.503 e. The fourth-order valence-electron chi connectivity index (χ4n) is 2.77. The minimum absolute atomic E-state index is 0.248. The van der Waals surface area contributed by atoms with Crippen molar-refractivity contribution in [3.05, 3.63) is 77.7 Å². The maximum Gasteiger partial charge on any atom is 0.341 e. The van der Waals surface area contributed by atoms with Gasteiger partial charge in [0, 0.05) is 17.2 Å². The smallest absolute Gasteiger partial charge is 0.341 e. The molecular formula is C22H21NO5. The van der Waals surface area contributed by atoms with Crippen molar-refractivity contribution in [1.82, 2.24) is 5.16 Å². The third-order valence-corrected chi connectivity index (χ3v) is 4.16. The number of hydrogen-bond acceptors (Lipinski definition) is 6. The summed E-state index contributed by atoms with van der Waals surface area (Å²) in [6, 6.07) is 16.9. The number of carbonyl (C=O) groups is 1. The van der Waals surface area contributed by atoms with Gasteiger partial charge in [-0.3, -0.25) is 0 Å². The number of ether oxygens (including phenoxy) is 3. The first-order valence-corrected chi connectivity index (χ1v) is 8.69. The van der Waals surface area contributed by atoms with Crippen molar-refractivity contribution >= 4 is 11.5 Å². The van der Waals surface area contributed by atoms with Crippen LogP contribution >= 0.6 is 0 Å². The number of aryl methyl sites for hydroxylation is 1. The predicted octanol–water partition coefficient (Wildman–Crippen LogP) is 4.39. The molecule has 0 amide bonds. The van der Waals surface area contributed by atoms with Gasteiger partial charge in [0.1, 0.15) is 23.6 Å². The first-order chi connectivity index (χ1) is 13.6. The average Bonchev–Trinajstić information content (AvgIpc) is 3.20. The Kier molecular flexibility index (Phi) is 6.11. The Morgan fingerprint density at radius 2 is 1.86 bits per heavy atom. The zero-order chi connectivity index (χ0) is 19.9. The van der Waals surface area contributed by atoms with Crippen molar-refractivity contribution in [3.8, 4) is 17.0 Å².